The summed E-state index contributed by atoms with van der Waals surface area (Å²) in [5.41, 5.74) is -0.180. The molecule has 0 spiro atoms. The van der Waals surface area contributed by atoms with Crippen LogP contribution < -0.4 is 10.6 Å². The fourth-order valence-corrected chi connectivity index (χ4v) is 1.66. The van der Waals surface area contributed by atoms with Crippen LogP contribution in [0.5, 0.6) is 0 Å². The Labute approximate surface area is 119 Å². The van der Waals surface area contributed by atoms with Crippen LogP contribution in [0.1, 0.15) is 22.0 Å². The van der Waals surface area contributed by atoms with E-state index in [1.165, 1.54) is 6.20 Å². The minimum absolute atomic E-state index is 0.0787. The molecule has 0 saturated heterocycles. The summed E-state index contributed by atoms with van der Waals surface area (Å²) in [6.07, 6.45) is 2.62. The van der Waals surface area contributed by atoms with Gasteiger partial charge in [-0.3, -0.25) is 14.9 Å². The van der Waals surface area contributed by atoms with Crippen LogP contribution in [0.4, 0.5) is 11.5 Å². The fraction of sp³-hybridized carbons (Fsp3) is 0.250. The number of oxazole rings is 1. The zero-order valence-electron chi connectivity index (χ0n) is 11.4. The third-order valence-corrected chi connectivity index (χ3v) is 2.63. The highest BCUT2D eigenvalue weighted by atomic mass is 16.6. The third-order valence-electron chi connectivity index (χ3n) is 2.63. The number of anilines is 1. The maximum atomic E-state index is 12.1. The summed E-state index contributed by atoms with van der Waals surface area (Å²) in [7, 11) is 1.57. The van der Waals surface area contributed by atoms with Crippen molar-refractivity contribution >= 4 is 17.4 Å². The molecule has 0 aliphatic rings. The van der Waals surface area contributed by atoms with Crippen LogP contribution in [0, 0.1) is 17.0 Å². The Morgan fingerprint density at radius 1 is 1.43 bits per heavy atom. The lowest BCUT2D eigenvalue weighted by molar-refractivity contribution is -0.385. The fourth-order valence-electron chi connectivity index (χ4n) is 1.66. The molecule has 9 heteroatoms. The summed E-state index contributed by atoms with van der Waals surface area (Å²) in [5.74, 6) is 0.727. The normalized spacial score (nSPS) is 10.2. The first kappa shape index (κ1) is 14.4. The molecule has 0 fully saturated rings. The predicted octanol–water partition coefficient (Wildman–Crippen LogP) is 1.26. The van der Waals surface area contributed by atoms with E-state index in [2.05, 4.69) is 20.6 Å². The number of nitrogens with zero attached hydrogens (tertiary/aromatic N) is 3. The molecule has 2 heterocycles. The molecule has 9 nitrogen and oxygen atoms in total. The van der Waals surface area contributed by atoms with Crippen molar-refractivity contribution in [2.45, 2.75) is 13.5 Å². The number of hydrogen-bond donors (Lipinski definition) is 2. The van der Waals surface area contributed by atoms with E-state index in [0.29, 0.717) is 11.7 Å². The number of pyridine rings is 1. The summed E-state index contributed by atoms with van der Waals surface area (Å²) < 4.78 is 5.22. The number of carbonyl (C=O) groups is 1. The van der Waals surface area contributed by atoms with Gasteiger partial charge in [-0.2, -0.15) is 0 Å². The molecular formula is C12H13N5O4. The minimum atomic E-state index is -0.610. The first-order valence-corrected chi connectivity index (χ1v) is 6.03. The van der Waals surface area contributed by atoms with Crippen molar-refractivity contribution < 1.29 is 14.1 Å². The van der Waals surface area contributed by atoms with E-state index >= 15 is 0 Å². The molecule has 0 saturated carbocycles. The molecule has 2 N–H and O–H groups in total. The molecule has 2 aromatic rings. The SMILES string of the molecule is CNc1ncc([N+](=O)[O-])cc1C(=O)NCc1ncc(C)o1. The second kappa shape index (κ2) is 5.99. The van der Waals surface area contributed by atoms with Crippen molar-refractivity contribution in [3.8, 4) is 0 Å². The Bertz CT molecular complexity index is 682. The Kier molecular flexibility index (Phi) is 4.12. The van der Waals surface area contributed by atoms with Crippen LogP contribution in [0.25, 0.3) is 0 Å². The average Bonchev–Trinajstić information content (AvgIpc) is 2.89. The van der Waals surface area contributed by atoms with Gasteiger partial charge in [-0.1, -0.05) is 0 Å². The largest absolute Gasteiger partial charge is 0.444 e. The van der Waals surface area contributed by atoms with Crippen LogP contribution in [0.2, 0.25) is 0 Å². The monoisotopic (exact) mass is 291 g/mol. The molecule has 0 bridgehead atoms. The predicted molar refractivity (Wildman–Crippen MR) is 72.8 cm³/mol. The van der Waals surface area contributed by atoms with Gasteiger partial charge in [0.2, 0.25) is 5.89 Å². The van der Waals surface area contributed by atoms with Gasteiger partial charge in [-0.15, -0.1) is 0 Å². The first-order chi connectivity index (χ1) is 10.0. The van der Waals surface area contributed by atoms with Crippen LogP contribution in [0.15, 0.2) is 22.9 Å². The van der Waals surface area contributed by atoms with E-state index < -0.39 is 10.8 Å². The molecule has 2 rings (SSSR count). The molecule has 1 amide bonds. The number of aryl methyl sites for hydroxylation is 1. The lowest BCUT2D eigenvalue weighted by atomic mass is 10.2. The van der Waals surface area contributed by atoms with Crippen molar-refractivity contribution in [3.05, 3.63) is 45.8 Å². The molecule has 0 atom stereocenters. The van der Waals surface area contributed by atoms with Gasteiger partial charge in [0.25, 0.3) is 11.6 Å². The number of aromatic nitrogens is 2. The van der Waals surface area contributed by atoms with E-state index in [4.69, 9.17) is 4.42 Å². The molecule has 0 unspecified atom stereocenters. The smallest absolute Gasteiger partial charge is 0.288 e. The summed E-state index contributed by atoms with van der Waals surface area (Å²) >= 11 is 0. The number of amides is 1. The van der Waals surface area contributed by atoms with Gasteiger partial charge in [-0.05, 0) is 6.92 Å². The molecule has 2 aromatic heterocycles. The van der Waals surface area contributed by atoms with Gasteiger partial charge in [-0.25, -0.2) is 9.97 Å². The van der Waals surface area contributed by atoms with E-state index in [1.54, 1.807) is 14.0 Å². The molecular weight excluding hydrogens is 278 g/mol. The number of nitro groups is 1. The van der Waals surface area contributed by atoms with E-state index in [-0.39, 0.29) is 23.6 Å². The summed E-state index contributed by atoms with van der Waals surface area (Å²) in [5, 5.41) is 16.0. The van der Waals surface area contributed by atoms with Crippen LogP contribution in [-0.2, 0) is 6.54 Å². The van der Waals surface area contributed by atoms with Crippen molar-refractivity contribution in [2.75, 3.05) is 12.4 Å². The third kappa shape index (κ3) is 3.32. The molecule has 0 aromatic carbocycles. The second-order valence-corrected chi connectivity index (χ2v) is 4.14. The van der Waals surface area contributed by atoms with Gasteiger partial charge < -0.3 is 15.1 Å². The van der Waals surface area contributed by atoms with Crippen LogP contribution >= 0.6 is 0 Å². The van der Waals surface area contributed by atoms with E-state index in [1.807, 2.05) is 0 Å². The minimum Gasteiger partial charge on any atom is -0.444 e. The maximum Gasteiger partial charge on any atom is 0.288 e. The van der Waals surface area contributed by atoms with Gasteiger partial charge in [0, 0.05) is 13.1 Å². The second-order valence-electron chi connectivity index (χ2n) is 4.14. The lowest BCUT2D eigenvalue weighted by Crippen LogP contribution is -2.24. The highest BCUT2D eigenvalue weighted by molar-refractivity contribution is 5.99. The van der Waals surface area contributed by atoms with Crippen LogP contribution in [0.3, 0.4) is 0 Å². The topological polar surface area (TPSA) is 123 Å². The number of hydrogen-bond acceptors (Lipinski definition) is 7. The highest BCUT2D eigenvalue weighted by Gasteiger charge is 2.17. The standard InChI is InChI=1S/C12H13N5O4/c1-7-4-14-10(21-7)6-16-12(18)9-3-8(17(19)20)5-15-11(9)13-2/h3-5H,6H2,1-2H3,(H,13,15)(H,16,18). The first-order valence-electron chi connectivity index (χ1n) is 6.03. The molecule has 21 heavy (non-hydrogen) atoms. The quantitative estimate of drug-likeness (QED) is 0.627. The zero-order valence-corrected chi connectivity index (χ0v) is 11.4. The Morgan fingerprint density at radius 2 is 2.19 bits per heavy atom. The molecule has 0 radical (unpaired) electrons. The van der Waals surface area contributed by atoms with E-state index in [0.717, 1.165) is 12.3 Å². The van der Waals surface area contributed by atoms with Crippen molar-refractivity contribution in [3.63, 3.8) is 0 Å². The highest BCUT2D eigenvalue weighted by Crippen LogP contribution is 2.18. The van der Waals surface area contributed by atoms with E-state index in [9.17, 15) is 14.9 Å². The van der Waals surface area contributed by atoms with Crippen LogP contribution in [-0.4, -0.2) is 27.8 Å². The van der Waals surface area contributed by atoms with Crippen molar-refractivity contribution in [2.24, 2.45) is 0 Å². The summed E-state index contributed by atoms with van der Waals surface area (Å²) in [6, 6.07) is 1.16. The zero-order chi connectivity index (χ0) is 15.4. The summed E-state index contributed by atoms with van der Waals surface area (Å²) in [6.45, 7) is 1.82. The lowest BCUT2D eigenvalue weighted by Gasteiger charge is -2.07. The van der Waals surface area contributed by atoms with Gasteiger partial charge in [0.15, 0.2) is 0 Å². The van der Waals surface area contributed by atoms with Gasteiger partial charge in [0.1, 0.15) is 17.8 Å². The number of carbonyl (C=O) groups excluding carboxylic acids is 1. The average molecular weight is 291 g/mol. The Morgan fingerprint density at radius 3 is 2.76 bits per heavy atom. The Balaban J connectivity index is 2.17. The Hall–Kier alpha value is -2.97. The van der Waals surface area contributed by atoms with Crippen molar-refractivity contribution in [1.82, 2.24) is 15.3 Å². The maximum absolute atomic E-state index is 12.1. The molecule has 0 aliphatic carbocycles. The van der Waals surface area contributed by atoms with Gasteiger partial charge in [0.05, 0.1) is 23.2 Å². The summed E-state index contributed by atoms with van der Waals surface area (Å²) in [4.78, 5) is 30.0. The number of rotatable bonds is 5. The van der Waals surface area contributed by atoms with Crippen molar-refractivity contribution in [1.29, 1.82) is 0 Å². The molecule has 110 valence electrons. The number of nitrogens with one attached hydrogen (secondary N) is 2. The van der Waals surface area contributed by atoms with Gasteiger partial charge >= 0.3 is 0 Å². The molecule has 0 aliphatic heterocycles.